The topological polar surface area (TPSA) is 64.1 Å². The van der Waals surface area contributed by atoms with Crippen molar-refractivity contribution in [3.05, 3.63) is 58.6 Å². The molecule has 1 aromatic heterocycles. The fourth-order valence-corrected chi connectivity index (χ4v) is 5.67. The van der Waals surface area contributed by atoms with Crippen molar-refractivity contribution in [2.24, 2.45) is 5.92 Å². The van der Waals surface area contributed by atoms with Gasteiger partial charge in [0.1, 0.15) is 5.75 Å². The van der Waals surface area contributed by atoms with Gasteiger partial charge in [0.25, 0.3) is 0 Å². The van der Waals surface area contributed by atoms with Gasteiger partial charge in [-0.15, -0.1) is 0 Å². The minimum Gasteiger partial charge on any atom is -0.494 e. The molecule has 0 N–H and O–H groups in total. The monoisotopic (exact) mass is 571 g/mol. The quantitative estimate of drug-likeness (QED) is 0.146. The molecule has 1 saturated heterocycles. The van der Waals surface area contributed by atoms with Crippen LogP contribution in [0.4, 0.5) is 5.69 Å². The Hall–Kier alpha value is -2.74. The molecule has 0 unspecified atom stereocenters. The lowest BCUT2D eigenvalue weighted by Crippen LogP contribution is -2.46. The third-order valence-electron chi connectivity index (χ3n) is 7.52. The van der Waals surface area contributed by atoms with E-state index in [9.17, 15) is 4.79 Å². The first-order valence-electron chi connectivity index (χ1n) is 13.8. The lowest BCUT2D eigenvalue weighted by Gasteiger charge is -2.36. The number of nitrogens with zero attached hydrogens (tertiary/aromatic N) is 3. The summed E-state index contributed by atoms with van der Waals surface area (Å²) in [5.74, 6) is 1.06. The van der Waals surface area contributed by atoms with Gasteiger partial charge in [0.05, 0.1) is 33.8 Å². The van der Waals surface area contributed by atoms with E-state index in [1.165, 1.54) is 0 Å². The first kappa shape index (κ1) is 27.8. The van der Waals surface area contributed by atoms with Crippen LogP contribution in [0, 0.1) is 5.92 Å². The van der Waals surface area contributed by atoms with Crippen LogP contribution in [0.15, 0.2) is 48.5 Å². The lowest BCUT2D eigenvalue weighted by atomic mass is 10.1. The number of anilines is 1. The number of carbonyl (C=O) groups excluding carboxylic acids is 1. The van der Waals surface area contributed by atoms with E-state index >= 15 is 0 Å². The Morgan fingerprint density at radius 3 is 2.56 bits per heavy atom. The van der Waals surface area contributed by atoms with E-state index in [1.807, 2.05) is 42.5 Å². The van der Waals surface area contributed by atoms with E-state index in [2.05, 4.69) is 14.8 Å². The molecule has 0 radical (unpaired) electrons. The van der Waals surface area contributed by atoms with Crippen LogP contribution in [-0.4, -0.2) is 62.0 Å². The van der Waals surface area contributed by atoms with Crippen molar-refractivity contribution in [2.45, 2.75) is 38.5 Å². The number of aromatic nitrogens is 1. The second-order valence-electron chi connectivity index (χ2n) is 10.2. The minimum absolute atomic E-state index is 0.0161. The fourth-order valence-electron chi connectivity index (χ4n) is 5.25. The third-order valence-corrected chi connectivity index (χ3v) is 8.33. The highest BCUT2D eigenvalue weighted by atomic mass is 35.5. The van der Waals surface area contributed by atoms with Gasteiger partial charge in [-0.2, -0.15) is 0 Å². The Bertz CT molecular complexity index is 1260. The zero-order valence-electron chi connectivity index (χ0n) is 22.1. The average Bonchev–Trinajstić information content (AvgIpc) is 3.50. The van der Waals surface area contributed by atoms with E-state index < -0.39 is 0 Å². The summed E-state index contributed by atoms with van der Waals surface area (Å²) in [5.41, 5.74) is 1.80. The van der Waals surface area contributed by atoms with E-state index in [-0.39, 0.29) is 18.7 Å². The fraction of sp³-hybridized carbons (Fsp3) is 0.467. The van der Waals surface area contributed by atoms with E-state index in [1.54, 1.807) is 6.07 Å². The van der Waals surface area contributed by atoms with Crippen LogP contribution in [0.5, 0.6) is 11.6 Å². The van der Waals surface area contributed by atoms with Gasteiger partial charge >= 0.3 is 5.97 Å². The smallest absolute Gasteiger partial charge is 0.311 e. The van der Waals surface area contributed by atoms with E-state index in [0.717, 1.165) is 93.6 Å². The van der Waals surface area contributed by atoms with Gasteiger partial charge < -0.3 is 19.1 Å². The Kier molecular flexibility index (Phi) is 9.67. The normalized spacial score (nSPS) is 16.5. The number of ether oxygens (including phenoxy) is 3. The molecular formula is C30H35Cl2N3O4. The molecule has 5 rings (SSSR count). The number of rotatable bonds is 11. The standard InChI is InChI=1S/C30H35Cl2N3O4/c31-25-8-5-9-27(29(25)32)35-17-15-34(16-18-35)14-3-4-19-37-24-12-10-22-11-13-28(33-26(22)20-24)38-21-39-30(36)23-6-1-2-7-23/h5,8-13,20,23H,1-4,6-7,14-19,21H2. The van der Waals surface area contributed by atoms with Crippen LogP contribution in [0.2, 0.25) is 10.0 Å². The molecule has 9 heteroatoms. The van der Waals surface area contributed by atoms with Crippen molar-refractivity contribution in [3.8, 4) is 11.6 Å². The molecule has 1 aliphatic heterocycles. The molecule has 39 heavy (non-hydrogen) atoms. The number of hydrogen-bond donors (Lipinski definition) is 0. The van der Waals surface area contributed by atoms with Gasteiger partial charge in [0.2, 0.25) is 12.7 Å². The molecule has 0 amide bonds. The number of benzene rings is 2. The first-order valence-corrected chi connectivity index (χ1v) is 14.6. The predicted octanol–water partition coefficient (Wildman–Crippen LogP) is 6.59. The van der Waals surface area contributed by atoms with Crippen LogP contribution in [-0.2, 0) is 9.53 Å². The number of hydrogen-bond acceptors (Lipinski definition) is 7. The molecule has 208 valence electrons. The third kappa shape index (κ3) is 7.47. The van der Waals surface area contributed by atoms with Crippen LogP contribution in [0.25, 0.3) is 10.9 Å². The molecule has 2 aromatic carbocycles. The van der Waals surface area contributed by atoms with Gasteiger partial charge in [-0.05, 0) is 62.6 Å². The molecule has 1 aliphatic carbocycles. The average molecular weight is 573 g/mol. The molecule has 0 atom stereocenters. The van der Waals surface area contributed by atoms with Crippen LogP contribution in [0.3, 0.4) is 0 Å². The molecule has 2 fully saturated rings. The lowest BCUT2D eigenvalue weighted by molar-refractivity contribution is -0.155. The maximum Gasteiger partial charge on any atom is 0.311 e. The maximum absolute atomic E-state index is 12.1. The van der Waals surface area contributed by atoms with Crippen LogP contribution < -0.4 is 14.4 Å². The second-order valence-corrected chi connectivity index (χ2v) is 11.0. The van der Waals surface area contributed by atoms with E-state index in [4.69, 9.17) is 37.4 Å². The number of fused-ring (bicyclic) bond motifs is 1. The summed E-state index contributed by atoms with van der Waals surface area (Å²) < 4.78 is 16.9. The van der Waals surface area contributed by atoms with Crippen LogP contribution in [0.1, 0.15) is 38.5 Å². The summed E-state index contributed by atoms with van der Waals surface area (Å²) in [5, 5.41) is 2.23. The minimum atomic E-state index is -0.173. The number of unbranched alkanes of at least 4 members (excludes halogenated alkanes) is 1. The van der Waals surface area contributed by atoms with Gasteiger partial charge in [0, 0.05) is 43.7 Å². The van der Waals surface area contributed by atoms with Crippen molar-refractivity contribution in [1.82, 2.24) is 9.88 Å². The summed E-state index contributed by atoms with van der Waals surface area (Å²) in [6, 6.07) is 15.4. The Balaban J connectivity index is 1.01. The zero-order chi connectivity index (χ0) is 27.0. The van der Waals surface area contributed by atoms with Crippen molar-refractivity contribution in [2.75, 3.05) is 51.0 Å². The highest BCUT2D eigenvalue weighted by Gasteiger charge is 2.24. The molecule has 1 saturated carbocycles. The molecule has 0 bridgehead atoms. The summed E-state index contributed by atoms with van der Waals surface area (Å²) >= 11 is 12.6. The molecular weight excluding hydrogens is 537 g/mol. The summed E-state index contributed by atoms with van der Waals surface area (Å²) in [6.45, 7) is 5.47. The summed E-state index contributed by atoms with van der Waals surface area (Å²) in [7, 11) is 0. The van der Waals surface area contributed by atoms with Gasteiger partial charge in [-0.3, -0.25) is 9.69 Å². The van der Waals surface area contributed by atoms with Gasteiger partial charge in [-0.1, -0.05) is 42.1 Å². The van der Waals surface area contributed by atoms with Crippen LogP contribution >= 0.6 is 23.2 Å². The molecule has 7 nitrogen and oxygen atoms in total. The number of esters is 1. The molecule has 0 spiro atoms. The predicted molar refractivity (Wildman–Crippen MR) is 155 cm³/mol. The van der Waals surface area contributed by atoms with Gasteiger partial charge in [0.15, 0.2) is 0 Å². The number of carbonyl (C=O) groups is 1. The Morgan fingerprint density at radius 1 is 0.949 bits per heavy atom. The van der Waals surface area contributed by atoms with Crippen molar-refractivity contribution in [1.29, 1.82) is 0 Å². The summed E-state index contributed by atoms with van der Waals surface area (Å²) in [4.78, 5) is 21.4. The molecule has 3 aromatic rings. The largest absolute Gasteiger partial charge is 0.494 e. The second kappa shape index (κ2) is 13.6. The Labute approximate surface area is 239 Å². The Morgan fingerprint density at radius 2 is 1.74 bits per heavy atom. The van der Waals surface area contributed by atoms with Crippen molar-refractivity contribution < 1.29 is 19.0 Å². The van der Waals surface area contributed by atoms with Crippen molar-refractivity contribution in [3.63, 3.8) is 0 Å². The first-order chi connectivity index (χ1) is 19.1. The van der Waals surface area contributed by atoms with Gasteiger partial charge in [-0.25, -0.2) is 4.98 Å². The SMILES string of the molecule is O=C(OCOc1ccc2ccc(OCCCCN3CCN(c4cccc(Cl)c4Cl)CC3)cc2n1)C1CCCC1. The molecule has 2 heterocycles. The highest BCUT2D eigenvalue weighted by molar-refractivity contribution is 6.43. The molecule has 2 aliphatic rings. The zero-order valence-corrected chi connectivity index (χ0v) is 23.6. The van der Waals surface area contributed by atoms with E-state index in [0.29, 0.717) is 22.5 Å². The maximum atomic E-state index is 12.1. The van der Waals surface area contributed by atoms with Crippen molar-refractivity contribution >= 4 is 45.8 Å². The number of pyridine rings is 1. The number of piperazine rings is 1. The number of halogens is 2. The summed E-state index contributed by atoms with van der Waals surface area (Å²) in [6.07, 6.45) is 6.05. The highest BCUT2D eigenvalue weighted by Crippen LogP contribution is 2.33.